The number of hydrogen-bond donors (Lipinski definition) is 2. The highest BCUT2D eigenvalue weighted by molar-refractivity contribution is 5.98. The van der Waals surface area contributed by atoms with Crippen LogP contribution in [0.25, 0.3) is 0 Å². The van der Waals surface area contributed by atoms with Crippen LogP contribution in [0.1, 0.15) is 35.3 Å². The predicted molar refractivity (Wildman–Crippen MR) is 116 cm³/mol. The van der Waals surface area contributed by atoms with Crippen LogP contribution in [0.5, 0.6) is 11.5 Å². The Bertz CT molecular complexity index is 1030. The van der Waals surface area contributed by atoms with Crippen LogP contribution >= 0.6 is 0 Å². The fourth-order valence-electron chi connectivity index (χ4n) is 4.24. The molecule has 2 aromatic rings. The zero-order valence-electron chi connectivity index (χ0n) is 18.0. The van der Waals surface area contributed by atoms with Crippen LogP contribution in [0.2, 0.25) is 0 Å². The number of nitrogens with zero attached hydrogens (tertiary/aromatic N) is 1. The van der Waals surface area contributed by atoms with Crippen molar-refractivity contribution in [3.8, 4) is 11.5 Å². The Hall–Kier alpha value is -3.55. The Morgan fingerprint density at radius 1 is 1.06 bits per heavy atom. The molecule has 32 heavy (non-hydrogen) atoms. The number of ether oxygens (including phenoxy) is 2. The number of carboxylic acids is 1. The molecule has 0 fully saturated rings. The minimum absolute atomic E-state index is 0.0986. The van der Waals surface area contributed by atoms with Crippen LogP contribution in [0.3, 0.4) is 0 Å². The first-order chi connectivity index (χ1) is 15.3. The standard InChI is InChI=1S/C24H26N2O6/c1-14(2)22(25-23(29)17-7-8-19-20(11-17)32-13-31-19)24(30)26(12-21(27)28)18-9-15-5-3-4-6-16(15)10-18/h3-8,11,14,18,22H,9-10,12-13H2,1-2H3,(H,25,29)(H,27,28)/t22-/m0/s1. The summed E-state index contributed by atoms with van der Waals surface area (Å²) in [5.41, 5.74) is 2.57. The SMILES string of the molecule is CC(C)[C@H](NC(=O)c1ccc2c(c1)OCO2)C(=O)N(CC(=O)O)C1Cc2ccccc2C1. The van der Waals surface area contributed by atoms with E-state index in [-0.39, 0.29) is 18.8 Å². The zero-order chi connectivity index (χ0) is 22.8. The Balaban J connectivity index is 1.53. The van der Waals surface area contributed by atoms with Gasteiger partial charge in [-0.05, 0) is 48.1 Å². The molecule has 0 saturated heterocycles. The molecule has 0 radical (unpaired) electrons. The zero-order valence-corrected chi connectivity index (χ0v) is 18.0. The Labute approximate surface area is 186 Å². The molecule has 1 heterocycles. The molecule has 1 aliphatic heterocycles. The first kappa shape index (κ1) is 21.7. The summed E-state index contributed by atoms with van der Waals surface area (Å²) >= 11 is 0. The fourth-order valence-corrected chi connectivity index (χ4v) is 4.24. The molecule has 4 rings (SSSR count). The maximum Gasteiger partial charge on any atom is 0.323 e. The molecule has 8 heteroatoms. The second-order valence-electron chi connectivity index (χ2n) is 8.45. The van der Waals surface area contributed by atoms with Gasteiger partial charge in [-0.3, -0.25) is 14.4 Å². The molecular weight excluding hydrogens is 412 g/mol. The molecule has 0 unspecified atom stereocenters. The Morgan fingerprint density at radius 3 is 2.34 bits per heavy atom. The second kappa shape index (κ2) is 8.90. The van der Waals surface area contributed by atoms with Crippen molar-refractivity contribution in [3.63, 3.8) is 0 Å². The van der Waals surface area contributed by atoms with Crippen molar-refractivity contribution in [1.82, 2.24) is 10.2 Å². The summed E-state index contributed by atoms with van der Waals surface area (Å²) in [6.07, 6.45) is 1.19. The van der Waals surface area contributed by atoms with E-state index in [0.29, 0.717) is 29.9 Å². The van der Waals surface area contributed by atoms with Gasteiger partial charge in [0.15, 0.2) is 11.5 Å². The molecule has 168 valence electrons. The summed E-state index contributed by atoms with van der Waals surface area (Å²) in [7, 11) is 0. The normalized spacial score (nSPS) is 15.3. The van der Waals surface area contributed by atoms with Crippen LogP contribution in [0.15, 0.2) is 42.5 Å². The predicted octanol–water partition coefficient (Wildman–Crippen LogP) is 2.25. The lowest BCUT2D eigenvalue weighted by atomic mass is 10.0. The van der Waals surface area contributed by atoms with E-state index in [1.165, 1.54) is 4.90 Å². The number of nitrogens with one attached hydrogen (secondary N) is 1. The van der Waals surface area contributed by atoms with Crippen LogP contribution in [0, 0.1) is 5.92 Å². The molecule has 0 spiro atoms. The Morgan fingerprint density at radius 2 is 1.72 bits per heavy atom. The number of hydrogen-bond acceptors (Lipinski definition) is 5. The lowest BCUT2D eigenvalue weighted by Crippen LogP contribution is -2.55. The van der Waals surface area contributed by atoms with Gasteiger partial charge >= 0.3 is 5.97 Å². The van der Waals surface area contributed by atoms with Gasteiger partial charge in [-0.2, -0.15) is 0 Å². The largest absolute Gasteiger partial charge is 0.480 e. The number of benzene rings is 2. The van der Waals surface area contributed by atoms with Gasteiger partial charge < -0.3 is 24.8 Å². The highest BCUT2D eigenvalue weighted by Crippen LogP contribution is 2.32. The van der Waals surface area contributed by atoms with Gasteiger partial charge in [-0.15, -0.1) is 0 Å². The third-order valence-corrected chi connectivity index (χ3v) is 5.91. The van der Waals surface area contributed by atoms with E-state index in [0.717, 1.165) is 11.1 Å². The number of amides is 2. The van der Waals surface area contributed by atoms with Crippen LogP contribution in [-0.4, -0.2) is 53.2 Å². The van der Waals surface area contributed by atoms with Gasteiger partial charge in [-0.25, -0.2) is 0 Å². The van der Waals surface area contributed by atoms with Crippen LogP contribution < -0.4 is 14.8 Å². The monoisotopic (exact) mass is 438 g/mol. The summed E-state index contributed by atoms with van der Waals surface area (Å²) < 4.78 is 10.6. The van der Waals surface area contributed by atoms with E-state index in [4.69, 9.17) is 9.47 Å². The molecule has 1 aliphatic carbocycles. The van der Waals surface area contributed by atoms with Crippen molar-refractivity contribution in [1.29, 1.82) is 0 Å². The molecule has 2 aromatic carbocycles. The van der Waals surface area contributed by atoms with E-state index in [9.17, 15) is 19.5 Å². The minimum atomic E-state index is -1.08. The van der Waals surface area contributed by atoms with Gasteiger partial charge in [0.05, 0.1) is 0 Å². The number of carbonyl (C=O) groups is 3. The lowest BCUT2D eigenvalue weighted by Gasteiger charge is -2.33. The molecule has 0 saturated carbocycles. The third-order valence-electron chi connectivity index (χ3n) is 5.91. The van der Waals surface area contributed by atoms with Crippen molar-refractivity contribution in [2.45, 2.75) is 38.8 Å². The van der Waals surface area contributed by atoms with Crippen molar-refractivity contribution < 1.29 is 29.0 Å². The molecule has 1 atom stereocenters. The fraction of sp³-hybridized carbons (Fsp3) is 0.375. The van der Waals surface area contributed by atoms with Crippen molar-refractivity contribution in [3.05, 3.63) is 59.2 Å². The lowest BCUT2D eigenvalue weighted by molar-refractivity contribution is -0.147. The summed E-state index contributed by atoms with van der Waals surface area (Å²) in [5, 5.41) is 12.3. The third kappa shape index (κ3) is 4.39. The maximum absolute atomic E-state index is 13.5. The van der Waals surface area contributed by atoms with E-state index in [1.54, 1.807) is 18.2 Å². The number of rotatable bonds is 7. The van der Waals surface area contributed by atoms with Gasteiger partial charge in [-0.1, -0.05) is 38.1 Å². The molecule has 0 aromatic heterocycles. The van der Waals surface area contributed by atoms with Crippen LogP contribution in [0.4, 0.5) is 0 Å². The first-order valence-corrected chi connectivity index (χ1v) is 10.6. The molecule has 2 N–H and O–H groups in total. The molecule has 0 bridgehead atoms. The van der Waals surface area contributed by atoms with Crippen molar-refractivity contribution in [2.75, 3.05) is 13.3 Å². The number of carboxylic acid groups (broad SMARTS) is 1. The van der Waals surface area contributed by atoms with Gasteiger partial charge in [0.25, 0.3) is 5.91 Å². The summed E-state index contributed by atoms with van der Waals surface area (Å²) in [5.74, 6) is -1.11. The van der Waals surface area contributed by atoms with Gasteiger partial charge in [0.2, 0.25) is 12.7 Å². The van der Waals surface area contributed by atoms with E-state index >= 15 is 0 Å². The number of aliphatic carboxylic acids is 1. The smallest absolute Gasteiger partial charge is 0.323 e. The minimum Gasteiger partial charge on any atom is -0.480 e. The molecule has 8 nitrogen and oxygen atoms in total. The van der Waals surface area contributed by atoms with E-state index < -0.39 is 30.4 Å². The molecule has 2 aliphatic rings. The summed E-state index contributed by atoms with van der Waals surface area (Å²) in [4.78, 5) is 39.4. The molecule has 2 amide bonds. The average molecular weight is 438 g/mol. The van der Waals surface area contributed by atoms with Crippen molar-refractivity contribution >= 4 is 17.8 Å². The number of carbonyl (C=O) groups excluding carboxylic acids is 2. The maximum atomic E-state index is 13.5. The van der Waals surface area contributed by atoms with Crippen molar-refractivity contribution in [2.24, 2.45) is 5.92 Å². The van der Waals surface area contributed by atoms with E-state index in [2.05, 4.69) is 5.32 Å². The number of fused-ring (bicyclic) bond motifs is 2. The summed E-state index contributed by atoms with van der Waals surface area (Å²) in [6.45, 7) is 3.33. The highest BCUT2D eigenvalue weighted by Gasteiger charge is 2.36. The van der Waals surface area contributed by atoms with E-state index in [1.807, 2.05) is 38.1 Å². The Kier molecular flexibility index (Phi) is 6.03. The summed E-state index contributed by atoms with van der Waals surface area (Å²) in [6, 6.07) is 11.6. The topological polar surface area (TPSA) is 105 Å². The van der Waals surface area contributed by atoms with Crippen LogP contribution in [-0.2, 0) is 22.4 Å². The average Bonchev–Trinajstić information content (AvgIpc) is 3.40. The van der Waals surface area contributed by atoms with Gasteiger partial charge in [0, 0.05) is 11.6 Å². The van der Waals surface area contributed by atoms with Gasteiger partial charge in [0.1, 0.15) is 12.6 Å². The first-order valence-electron chi connectivity index (χ1n) is 10.6. The highest BCUT2D eigenvalue weighted by atomic mass is 16.7. The molecular formula is C24H26N2O6. The second-order valence-corrected chi connectivity index (χ2v) is 8.45. The quantitative estimate of drug-likeness (QED) is 0.687.